The van der Waals surface area contributed by atoms with Crippen LogP contribution in [0.2, 0.25) is 0 Å². The zero-order valence-corrected chi connectivity index (χ0v) is 11.9. The van der Waals surface area contributed by atoms with E-state index in [0.717, 1.165) is 0 Å². The highest BCUT2D eigenvalue weighted by Crippen LogP contribution is 2.31. The van der Waals surface area contributed by atoms with Crippen LogP contribution in [-0.2, 0) is 9.53 Å². The van der Waals surface area contributed by atoms with Crippen molar-refractivity contribution in [3.05, 3.63) is 12.1 Å². The van der Waals surface area contributed by atoms with Crippen molar-refractivity contribution in [1.82, 2.24) is 4.73 Å². The van der Waals surface area contributed by atoms with Gasteiger partial charge in [0.1, 0.15) is 0 Å². The lowest BCUT2D eigenvalue weighted by Gasteiger charge is -2.31. The zero-order valence-electron chi connectivity index (χ0n) is 11.9. The smallest absolute Gasteiger partial charge is 0.338 e. The van der Waals surface area contributed by atoms with Crippen molar-refractivity contribution >= 4 is 5.97 Å². The largest absolute Gasteiger partial charge is 0.492 e. The van der Waals surface area contributed by atoms with Crippen molar-refractivity contribution < 1.29 is 24.6 Å². The molecule has 1 heterocycles. The van der Waals surface area contributed by atoms with Gasteiger partial charge in [0, 0.05) is 19.2 Å². The molecule has 0 radical (unpaired) electrons. The number of ether oxygens (including phenoxy) is 1. The molecule has 0 bridgehead atoms. The number of aromatic hydroxyl groups is 2. The average Bonchev–Trinajstić information content (AvgIpc) is 2.59. The predicted molar refractivity (Wildman–Crippen MR) is 68.8 cm³/mol. The fraction of sp³-hybridized carbons (Fsp3) is 0.615. The molecule has 0 aromatic carbocycles. The van der Waals surface area contributed by atoms with Gasteiger partial charge in [-0.1, -0.05) is 0 Å². The minimum atomic E-state index is -0.831. The number of methoxy groups -OCH3 is 1. The van der Waals surface area contributed by atoms with Crippen LogP contribution in [0.1, 0.15) is 34.1 Å². The predicted octanol–water partition coefficient (Wildman–Crippen LogP) is 1.70. The summed E-state index contributed by atoms with van der Waals surface area (Å²) in [5.41, 5.74) is -1.31. The Morgan fingerprint density at radius 2 is 1.68 bits per heavy atom. The molecular weight excluding hydrogens is 250 g/mol. The van der Waals surface area contributed by atoms with Crippen LogP contribution in [0.25, 0.3) is 0 Å². The summed E-state index contributed by atoms with van der Waals surface area (Å²) in [4.78, 5) is 17.1. The van der Waals surface area contributed by atoms with Gasteiger partial charge in [0.15, 0.2) is 0 Å². The first-order valence-electron chi connectivity index (χ1n) is 5.97. The first kappa shape index (κ1) is 15.4. The highest BCUT2D eigenvalue weighted by Gasteiger charge is 2.37. The van der Waals surface area contributed by atoms with E-state index >= 15 is 0 Å². The number of carbonyl (C=O) groups excluding carboxylic acids is 1. The van der Waals surface area contributed by atoms with Crippen molar-refractivity contribution in [3.63, 3.8) is 0 Å². The Bertz CT molecular complexity index is 442. The van der Waals surface area contributed by atoms with E-state index in [-0.39, 0.29) is 11.8 Å². The van der Waals surface area contributed by atoms with Crippen molar-refractivity contribution in [2.45, 2.75) is 39.7 Å². The summed E-state index contributed by atoms with van der Waals surface area (Å²) in [7, 11) is 1.57. The second-order valence-electron chi connectivity index (χ2n) is 5.75. The van der Waals surface area contributed by atoms with Gasteiger partial charge in [-0.2, -0.15) is 0 Å². The maximum absolute atomic E-state index is 12.1. The van der Waals surface area contributed by atoms with Crippen LogP contribution < -0.4 is 4.84 Å². The van der Waals surface area contributed by atoms with E-state index in [0.29, 0.717) is 11.2 Å². The number of rotatable bonds is 5. The molecule has 0 unspecified atom stereocenters. The van der Waals surface area contributed by atoms with E-state index in [1.54, 1.807) is 21.0 Å². The van der Waals surface area contributed by atoms with Gasteiger partial charge in [-0.15, -0.1) is 4.73 Å². The summed E-state index contributed by atoms with van der Waals surface area (Å²) in [6.07, 6.45) is 0.429. The van der Waals surface area contributed by atoms with Gasteiger partial charge < -0.3 is 19.8 Å². The molecule has 19 heavy (non-hydrogen) atoms. The van der Waals surface area contributed by atoms with E-state index in [4.69, 9.17) is 9.57 Å². The van der Waals surface area contributed by atoms with E-state index in [1.165, 1.54) is 12.1 Å². The van der Waals surface area contributed by atoms with Crippen LogP contribution >= 0.6 is 0 Å². The molecule has 1 aromatic rings. The molecule has 0 amide bonds. The maximum atomic E-state index is 12.1. The third-order valence-corrected chi connectivity index (χ3v) is 2.94. The third-order valence-electron chi connectivity index (χ3n) is 2.94. The monoisotopic (exact) mass is 271 g/mol. The van der Waals surface area contributed by atoms with Gasteiger partial charge in [-0.3, -0.25) is 0 Å². The number of hydrogen-bond donors (Lipinski definition) is 2. The van der Waals surface area contributed by atoms with Crippen LogP contribution in [0, 0.1) is 5.41 Å². The van der Waals surface area contributed by atoms with Crippen molar-refractivity contribution in [1.29, 1.82) is 0 Å². The summed E-state index contributed by atoms with van der Waals surface area (Å²) in [5, 5.41) is 18.9. The fourth-order valence-corrected chi connectivity index (χ4v) is 1.91. The van der Waals surface area contributed by atoms with Crippen molar-refractivity contribution in [3.8, 4) is 11.8 Å². The Hall–Kier alpha value is -1.69. The van der Waals surface area contributed by atoms with E-state index in [2.05, 4.69) is 0 Å². The molecule has 0 spiro atoms. The topological polar surface area (TPSA) is 80.9 Å². The maximum Gasteiger partial charge on any atom is 0.338 e. The highest BCUT2D eigenvalue weighted by molar-refractivity contribution is 5.76. The Morgan fingerprint density at radius 3 is 2.11 bits per heavy atom. The molecule has 2 N–H and O–H groups in total. The average molecular weight is 271 g/mol. The minimum absolute atomic E-state index is 0.340. The molecule has 0 fully saturated rings. The van der Waals surface area contributed by atoms with Crippen LogP contribution in [0.15, 0.2) is 12.1 Å². The molecular formula is C13H21NO5. The second kappa shape index (κ2) is 5.13. The Kier molecular flexibility index (Phi) is 4.15. The van der Waals surface area contributed by atoms with Crippen molar-refractivity contribution in [2.24, 2.45) is 5.41 Å². The van der Waals surface area contributed by atoms with Gasteiger partial charge >= 0.3 is 5.97 Å². The lowest BCUT2D eigenvalue weighted by molar-refractivity contribution is -0.159. The minimum Gasteiger partial charge on any atom is -0.492 e. The number of hydrogen-bond acceptors (Lipinski definition) is 5. The van der Waals surface area contributed by atoms with Gasteiger partial charge in [-0.25, -0.2) is 4.79 Å². The molecule has 0 saturated carbocycles. The molecule has 6 heteroatoms. The van der Waals surface area contributed by atoms with E-state index in [9.17, 15) is 15.0 Å². The zero-order chi connectivity index (χ0) is 14.8. The number of aromatic nitrogens is 1. The molecule has 108 valence electrons. The van der Waals surface area contributed by atoms with Gasteiger partial charge in [-0.05, 0) is 34.1 Å². The van der Waals surface area contributed by atoms with Gasteiger partial charge in [0.25, 0.3) is 0 Å². The summed E-state index contributed by atoms with van der Waals surface area (Å²) >= 11 is 0. The quantitative estimate of drug-likeness (QED) is 0.851. The molecule has 1 rings (SSSR count). The van der Waals surface area contributed by atoms with Crippen molar-refractivity contribution in [2.75, 3.05) is 7.11 Å². The van der Waals surface area contributed by atoms with Gasteiger partial charge in [0.05, 0.1) is 11.0 Å². The Morgan fingerprint density at radius 1 is 1.21 bits per heavy atom. The van der Waals surface area contributed by atoms with Crippen LogP contribution in [-0.4, -0.2) is 33.6 Å². The summed E-state index contributed by atoms with van der Waals surface area (Å²) in [5.74, 6) is -1.25. The third kappa shape index (κ3) is 3.64. The normalized spacial score (nSPS) is 12.5. The highest BCUT2D eigenvalue weighted by atomic mass is 16.7. The lowest BCUT2D eigenvalue weighted by atomic mass is 9.82. The lowest BCUT2D eigenvalue weighted by Crippen LogP contribution is -2.39. The summed E-state index contributed by atoms with van der Waals surface area (Å²) < 4.78 is 5.98. The molecule has 0 atom stereocenters. The first-order chi connectivity index (χ1) is 8.59. The number of nitrogens with zero attached hydrogens (tertiary/aromatic N) is 1. The summed E-state index contributed by atoms with van der Waals surface area (Å²) in [6.45, 7) is 7.17. The number of carbonyl (C=O) groups is 1. The van der Waals surface area contributed by atoms with Crippen LogP contribution in [0.4, 0.5) is 0 Å². The Balaban J connectivity index is 2.83. The van der Waals surface area contributed by atoms with Gasteiger partial charge in [0.2, 0.25) is 11.8 Å². The van der Waals surface area contributed by atoms with Crippen LogP contribution in [0.5, 0.6) is 11.8 Å². The second-order valence-corrected chi connectivity index (χ2v) is 5.75. The summed E-state index contributed by atoms with van der Waals surface area (Å²) in [6, 6.07) is 2.46. The SMILES string of the molecule is COC(C)(C)CC(C)(C)C(=O)On1c(O)ccc1O. The molecule has 1 aromatic heterocycles. The first-order valence-corrected chi connectivity index (χ1v) is 5.97. The van der Waals surface area contributed by atoms with E-state index < -0.39 is 17.0 Å². The molecule has 6 nitrogen and oxygen atoms in total. The molecule has 0 aliphatic carbocycles. The molecule has 0 aliphatic heterocycles. The molecule has 0 saturated heterocycles. The standard InChI is InChI=1S/C13H21NO5/c1-12(2,8-13(3,4)18-5)11(17)19-14-9(15)6-7-10(14)16/h6-7,15-16H,8H2,1-5H3. The fourth-order valence-electron chi connectivity index (χ4n) is 1.91. The van der Waals surface area contributed by atoms with E-state index in [1.807, 2.05) is 13.8 Å². The van der Waals surface area contributed by atoms with Crippen LogP contribution in [0.3, 0.4) is 0 Å². The Labute approximate surface area is 112 Å². The molecule has 0 aliphatic rings.